The molecular weight excluding hydrogens is 248 g/mol. The number of nitriles is 1. The van der Waals surface area contributed by atoms with Crippen molar-refractivity contribution >= 4 is 22.6 Å². The van der Waals surface area contributed by atoms with Gasteiger partial charge in [0.15, 0.2) is 5.41 Å². The van der Waals surface area contributed by atoms with Gasteiger partial charge in [0.1, 0.15) is 0 Å². The summed E-state index contributed by atoms with van der Waals surface area (Å²) in [6, 6.07) is 6.95. The summed E-state index contributed by atoms with van der Waals surface area (Å²) >= 11 is 0. The first-order valence-electron chi connectivity index (χ1n) is 5.65. The lowest BCUT2D eigenvalue weighted by Gasteiger charge is -2.33. The largest absolute Gasteiger partial charge is 0.377 e. The average Bonchev–Trinajstić information content (AvgIpc) is 2.67. The topological polar surface area (TPSA) is 111 Å². The van der Waals surface area contributed by atoms with Gasteiger partial charge < -0.3 is 20.0 Å². The van der Waals surface area contributed by atoms with Crippen LogP contribution >= 0.6 is 0 Å². The SMILES string of the molecule is N#CC1(C(=O)Nc2ccc3[nH]c(=O)[nH]c3c2)COC1. The van der Waals surface area contributed by atoms with Gasteiger partial charge in [0.2, 0.25) is 5.91 Å². The fourth-order valence-corrected chi connectivity index (χ4v) is 1.91. The van der Waals surface area contributed by atoms with Crippen LogP contribution in [-0.2, 0) is 9.53 Å². The number of anilines is 1. The predicted molar refractivity (Wildman–Crippen MR) is 66.4 cm³/mol. The molecule has 3 rings (SSSR count). The van der Waals surface area contributed by atoms with E-state index in [9.17, 15) is 9.59 Å². The van der Waals surface area contributed by atoms with Crippen molar-refractivity contribution in [1.82, 2.24) is 9.97 Å². The Morgan fingerprint density at radius 1 is 1.37 bits per heavy atom. The highest BCUT2D eigenvalue weighted by Crippen LogP contribution is 2.28. The minimum atomic E-state index is -1.10. The Labute approximate surface area is 107 Å². The van der Waals surface area contributed by atoms with Gasteiger partial charge in [-0.05, 0) is 18.2 Å². The molecule has 2 aromatic rings. The zero-order valence-corrected chi connectivity index (χ0v) is 9.82. The van der Waals surface area contributed by atoms with Gasteiger partial charge in [-0.2, -0.15) is 5.26 Å². The van der Waals surface area contributed by atoms with Gasteiger partial charge in [-0.25, -0.2) is 4.79 Å². The van der Waals surface area contributed by atoms with E-state index in [-0.39, 0.29) is 18.9 Å². The molecule has 1 fully saturated rings. The number of H-pyrrole nitrogens is 2. The summed E-state index contributed by atoms with van der Waals surface area (Å²) in [5.74, 6) is -0.390. The van der Waals surface area contributed by atoms with Gasteiger partial charge in [-0.15, -0.1) is 0 Å². The Morgan fingerprint density at radius 2 is 2.11 bits per heavy atom. The normalized spacial score (nSPS) is 16.6. The van der Waals surface area contributed by atoms with Crippen molar-refractivity contribution < 1.29 is 9.53 Å². The third kappa shape index (κ3) is 1.78. The molecular formula is C12H10N4O3. The number of ether oxygens (including phenoxy) is 1. The molecule has 7 nitrogen and oxygen atoms in total. The van der Waals surface area contributed by atoms with E-state index in [1.54, 1.807) is 18.2 Å². The van der Waals surface area contributed by atoms with Crippen LogP contribution in [0.5, 0.6) is 0 Å². The zero-order chi connectivity index (χ0) is 13.5. The number of hydrogen-bond acceptors (Lipinski definition) is 4. The van der Waals surface area contributed by atoms with E-state index in [0.717, 1.165) is 0 Å². The van der Waals surface area contributed by atoms with Crippen molar-refractivity contribution in [2.24, 2.45) is 5.41 Å². The van der Waals surface area contributed by atoms with Crippen LogP contribution in [0, 0.1) is 16.7 Å². The second kappa shape index (κ2) is 3.96. The number of fused-ring (bicyclic) bond motifs is 1. The van der Waals surface area contributed by atoms with Gasteiger partial charge in [0.05, 0.1) is 30.3 Å². The lowest BCUT2D eigenvalue weighted by atomic mass is 9.87. The van der Waals surface area contributed by atoms with Crippen molar-refractivity contribution in [3.8, 4) is 6.07 Å². The third-order valence-electron chi connectivity index (χ3n) is 3.12. The van der Waals surface area contributed by atoms with Crippen LogP contribution in [0.15, 0.2) is 23.0 Å². The van der Waals surface area contributed by atoms with Gasteiger partial charge in [-0.3, -0.25) is 4.79 Å². The highest BCUT2D eigenvalue weighted by atomic mass is 16.5. The first-order chi connectivity index (χ1) is 9.13. The maximum Gasteiger partial charge on any atom is 0.323 e. The Hall–Kier alpha value is -2.59. The van der Waals surface area contributed by atoms with Crippen LogP contribution in [0.25, 0.3) is 11.0 Å². The molecule has 7 heteroatoms. The fraction of sp³-hybridized carbons (Fsp3) is 0.250. The number of hydrogen-bond donors (Lipinski definition) is 3. The second-order valence-corrected chi connectivity index (χ2v) is 4.48. The molecule has 3 N–H and O–H groups in total. The van der Waals surface area contributed by atoms with Gasteiger partial charge in [0.25, 0.3) is 0 Å². The average molecular weight is 258 g/mol. The summed E-state index contributed by atoms with van der Waals surface area (Å²) in [4.78, 5) is 28.3. The third-order valence-corrected chi connectivity index (χ3v) is 3.12. The Kier molecular flexibility index (Phi) is 2.40. The van der Waals surface area contributed by atoms with Gasteiger partial charge in [0, 0.05) is 5.69 Å². The maximum atomic E-state index is 12.0. The van der Waals surface area contributed by atoms with E-state index in [1.807, 2.05) is 6.07 Å². The minimum Gasteiger partial charge on any atom is -0.377 e. The second-order valence-electron chi connectivity index (χ2n) is 4.48. The molecule has 0 bridgehead atoms. The lowest BCUT2D eigenvalue weighted by Crippen LogP contribution is -2.50. The summed E-state index contributed by atoms with van der Waals surface area (Å²) < 4.78 is 4.93. The molecule has 0 spiro atoms. The number of carbonyl (C=O) groups is 1. The molecule has 2 heterocycles. The Morgan fingerprint density at radius 3 is 2.74 bits per heavy atom. The molecule has 1 aliphatic rings. The molecule has 0 atom stereocenters. The highest BCUT2D eigenvalue weighted by molar-refractivity contribution is 5.99. The first-order valence-corrected chi connectivity index (χ1v) is 5.65. The number of rotatable bonds is 2. The predicted octanol–water partition coefficient (Wildman–Crippen LogP) is 0.335. The number of nitrogens with one attached hydrogen (secondary N) is 3. The standard InChI is InChI=1S/C12H10N4O3/c13-4-12(5-19-6-12)10(17)14-7-1-2-8-9(3-7)16-11(18)15-8/h1-3H,5-6H2,(H,14,17)(H2,15,16,18). The number of imidazole rings is 1. The molecule has 0 saturated carbocycles. The van der Waals surface area contributed by atoms with Crippen LogP contribution in [0.1, 0.15) is 0 Å². The van der Waals surface area contributed by atoms with Crippen molar-refractivity contribution in [1.29, 1.82) is 5.26 Å². The Bertz CT molecular complexity index is 748. The molecule has 0 aliphatic carbocycles. The number of amides is 1. The summed E-state index contributed by atoms with van der Waals surface area (Å²) in [6.45, 7) is 0.219. The smallest absolute Gasteiger partial charge is 0.323 e. The number of aromatic amines is 2. The number of nitrogens with zero attached hydrogens (tertiary/aromatic N) is 1. The van der Waals surface area contributed by atoms with E-state index >= 15 is 0 Å². The van der Waals surface area contributed by atoms with Gasteiger partial charge >= 0.3 is 5.69 Å². The first kappa shape index (κ1) is 11.5. The zero-order valence-electron chi connectivity index (χ0n) is 9.82. The lowest BCUT2D eigenvalue weighted by molar-refractivity contribution is -0.144. The monoisotopic (exact) mass is 258 g/mol. The number of aromatic nitrogens is 2. The van der Waals surface area contributed by atoms with Crippen molar-refractivity contribution in [3.63, 3.8) is 0 Å². The summed E-state index contributed by atoms with van der Waals surface area (Å²) in [7, 11) is 0. The van der Waals surface area contributed by atoms with E-state index in [0.29, 0.717) is 16.7 Å². The summed E-state index contributed by atoms with van der Waals surface area (Å²) in [6.07, 6.45) is 0. The number of benzene rings is 1. The Balaban J connectivity index is 1.87. The van der Waals surface area contributed by atoms with E-state index in [1.165, 1.54) is 0 Å². The van der Waals surface area contributed by atoms with Crippen molar-refractivity contribution in [2.45, 2.75) is 0 Å². The van der Waals surface area contributed by atoms with E-state index < -0.39 is 11.3 Å². The van der Waals surface area contributed by atoms with E-state index in [2.05, 4.69) is 15.3 Å². The molecule has 1 aromatic heterocycles. The molecule has 1 aromatic carbocycles. The molecule has 0 radical (unpaired) electrons. The van der Waals surface area contributed by atoms with Crippen LogP contribution in [-0.4, -0.2) is 29.1 Å². The summed E-state index contributed by atoms with van der Waals surface area (Å²) in [5.41, 5.74) is 0.373. The molecule has 1 aliphatic heterocycles. The van der Waals surface area contributed by atoms with E-state index in [4.69, 9.17) is 10.00 Å². The van der Waals surface area contributed by atoms with Crippen LogP contribution in [0.4, 0.5) is 5.69 Å². The molecule has 0 unspecified atom stereocenters. The highest BCUT2D eigenvalue weighted by Gasteiger charge is 2.46. The van der Waals surface area contributed by atoms with Crippen LogP contribution in [0.2, 0.25) is 0 Å². The van der Waals surface area contributed by atoms with Crippen LogP contribution in [0.3, 0.4) is 0 Å². The minimum absolute atomic E-state index is 0.110. The maximum absolute atomic E-state index is 12.0. The molecule has 1 amide bonds. The number of carbonyl (C=O) groups excluding carboxylic acids is 1. The fourth-order valence-electron chi connectivity index (χ4n) is 1.91. The van der Waals surface area contributed by atoms with Crippen molar-refractivity contribution in [2.75, 3.05) is 18.5 Å². The summed E-state index contributed by atoms with van der Waals surface area (Å²) in [5, 5.41) is 11.7. The quantitative estimate of drug-likeness (QED) is 0.721. The van der Waals surface area contributed by atoms with Gasteiger partial charge in [-0.1, -0.05) is 0 Å². The molecule has 19 heavy (non-hydrogen) atoms. The van der Waals surface area contributed by atoms with Crippen molar-refractivity contribution in [3.05, 3.63) is 28.7 Å². The molecule has 96 valence electrons. The molecule has 1 saturated heterocycles. The van der Waals surface area contributed by atoms with Crippen LogP contribution < -0.4 is 11.0 Å².